The van der Waals surface area contributed by atoms with Crippen LogP contribution in [-0.4, -0.2) is 17.1 Å². The maximum atomic E-state index is 4.13. The molecule has 2 bridgehead atoms. The zero-order valence-corrected chi connectivity index (χ0v) is 9.47. The number of allylic oxidation sites excluding steroid dienone is 1. The van der Waals surface area contributed by atoms with Crippen LogP contribution in [0.2, 0.25) is 0 Å². The summed E-state index contributed by atoms with van der Waals surface area (Å²) >= 11 is 0. The molecule has 2 fully saturated rings. The predicted molar refractivity (Wildman–Crippen MR) is 65.9 cm³/mol. The third kappa shape index (κ3) is 2.17. The molecule has 2 atom stereocenters. The van der Waals surface area contributed by atoms with Crippen molar-refractivity contribution in [3.63, 3.8) is 0 Å². The van der Waals surface area contributed by atoms with E-state index in [-0.39, 0.29) is 0 Å². The Hall–Kier alpha value is -1.15. The molecule has 2 nitrogen and oxygen atoms in total. The predicted octanol–water partition coefficient (Wildman–Crippen LogP) is 2.63. The molecule has 0 aromatic carbocycles. The normalized spacial score (nSPS) is 33.4. The van der Waals surface area contributed by atoms with E-state index in [1.807, 2.05) is 18.5 Å². The molecule has 0 aliphatic carbocycles. The number of rotatable bonds is 2. The Morgan fingerprint density at radius 3 is 2.75 bits per heavy atom. The van der Waals surface area contributed by atoms with Gasteiger partial charge in [0.05, 0.1) is 0 Å². The lowest BCUT2D eigenvalue weighted by Crippen LogP contribution is -2.37. The maximum Gasteiger partial charge on any atom is 0.0340 e. The van der Waals surface area contributed by atoms with E-state index in [9.17, 15) is 0 Å². The Balaban J connectivity index is 1.65. The van der Waals surface area contributed by atoms with E-state index < -0.39 is 0 Å². The van der Waals surface area contributed by atoms with Crippen LogP contribution in [0.25, 0.3) is 6.08 Å². The van der Waals surface area contributed by atoms with Crippen molar-refractivity contribution in [1.82, 2.24) is 10.3 Å². The van der Waals surface area contributed by atoms with Gasteiger partial charge in [-0.2, -0.15) is 0 Å². The summed E-state index contributed by atoms with van der Waals surface area (Å²) in [5.74, 6) is 0.763. The van der Waals surface area contributed by atoms with Gasteiger partial charge in [0.1, 0.15) is 0 Å². The van der Waals surface area contributed by atoms with Crippen molar-refractivity contribution >= 4 is 6.08 Å². The second-order valence-corrected chi connectivity index (χ2v) is 5.01. The number of piperidine rings is 1. The maximum absolute atomic E-state index is 4.13. The van der Waals surface area contributed by atoms with Crippen LogP contribution in [0.3, 0.4) is 0 Å². The molecule has 2 aliphatic rings. The fourth-order valence-electron chi connectivity index (χ4n) is 2.98. The summed E-state index contributed by atoms with van der Waals surface area (Å²) in [6.07, 6.45) is 13.7. The summed E-state index contributed by atoms with van der Waals surface area (Å²) in [4.78, 5) is 4.13. The monoisotopic (exact) mass is 214 g/mol. The molecule has 3 rings (SSSR count). The van der Waals surface area contributed by atoms with Crippen LogP contribution >= 0.6 is 0 Å². The molecule has 1 aromatic heterocycles. The lowest BCUT2D eigenvalue weighted by molar-refractivity contribution is 0.345. The van der Waals surface area contributed by atoms with Gasteiger partial charge in [0.15, 0.2) is 0 Å². The SMILES string of the molecule is C(=C\C1CC2CCC(C1)N2)/c1cccnc1. The van der Waals surface area contributed by atoms with Crippen molar-refractivity contribution < 1.29 is 0 Å². The van der Waals surface area contributed by atoms with E-state index in [1.165, 1.54) is 31.2 Å². The molecule has 2 saturated heterocycles. The van der Waals surface area contributed by atoms with Crippen LogP contribution in [-0.2, 0) is 0 Å². The molecule has 0 saturated carbocycles. The summed E-state index contributed by atoms with van der Waals surface area (Å²) in [6.45, 7) is 0. The summed E-state index contributed by atoms with van der Waals surface area (Å²) in [6, 6.07) is 5.66. The molecule has 0 radical (unpaired) electrons. The Kier molecular flexibility index (Phi) is 2.75. The highest BCUT2D eigenvalue weighted by atomic mass is 15.0. The highest BCUT2D eigenvalue weighted by Gasteiger charge is 2.31. The third-order valence-corrected chi connectivity index (χ3v) is 3.75. The minimum atomic E-state index is 0.763. The molecule has 0 amide bonds. The van der Waals surface area contributed by atoms with Crippen molar-refractivity contribution in [2.24, 2.45) is 5.92 Å². The number of nitrogens with one attached hydrogen (secondary N) is 1. The van der Waals surface area contributed by atoms with E-state index in [0.717, 1.165) is 18.0 Å². The van der Waals surface area contributed by atoms with Crippen LogP contribution < -0.4 is 5.32 Å². The van der Waals surface area contributed by atoms with Crippen molar-refractivity contribution in [1.29, 1.82) is 0 Å². The Bertz CT molecular complexity index is 360. The number of hydrogen-bond acceptors (Lipinski definition) is 2. The van der Waals surface area contributed by atoms with Gasteiger partial charge >= 0.3 is 0 Å². The number of pyridine rings is 1. The molecule has 1 N–H and O–H groups in total. The molecule has 2 heteroatoms. The van der Waals surface area contributed by atoms with Gasteiger partial charge in [0.25, 0.3) is 0 Å². The van der Waals surface area contributed by atoms with E-state index in [1.54, 1.807) is 0 Å². The molecular weight excluding hydrogens is 196 g/mol. The number of hydrogen-bond donors (Lipinski definition) is 1. The summed E-state index contributed by atoms with van der Waals surface area (Å²) < 4.78 is 0. The molecule has 2 unspecified atom stereocenters. The first-order valence-electron chi connectivity index (χ1n) is 6.24. The van der Waals surface area contributed by atoms with Crippen molar-refractivity contribution in [2.45, 2.75) is 37.8 Å². The molecule has 1 aromatic rings. The van der Waals surface area contributed by atoms with E-state index in [4.69, 9.17) is 0 Å². The zero-order valence-electron chi connectivity index (χ0n) is 9.47. The van der Waals surface area contributed by atoms with Gasteiger partial charge < -0.3 is 5.32 Å². The fourth-order valence-corrected chi connectivity index (χ4v) is 2.98. The first-order chi connectivity index (χ1) is 7.90. The number of nitrogens with zero attached hydrogens (tertiary/aromatic N) is 1. The Morgan fingerprint density at radius 2 is 2.06 bits per heavy atom. The topological polar surface area (TPSA) is 24.9 Å². The van der Waals surface area contributed by atoms with Gasteiger partial charge in [-0.25, -0.2) is 0 Å². The number of aromatic nitrogens is 1. The largest absolute Gasteiger partial charge is 0.311 e. The standard InChI is InChI=1S/C14H18N2/c1-2-11(10-15-7-1)3-4-12-8-13-5-6-14(9-12)16-13/h1-4,7,10,12-14,16H,5-6,8-9H2/b4-3+. The van der Waals surface area contributed by atoms with Gasteiger partial charge in [-0.1, -0.05) is 18.2 Å². The molecule has 3 heterocycles. The highest BCUT2D eigenvalue weighted by Crippen LogP contribution is 2.31. The van der Waals surface area contributed by atoms with Gasteiger partial charge in [-0.05, 0) is 43.2 Å². The lowest BCUT2D eigenvalue weighted by atomic mass is 9.92. The van der Waals surface area contributed by atoms with Gasteiger partial charge in [-0.3, -0.25) is 4.98 Å². The smallest absolute Gasteiger partial charge is 0.0340 e. The van der Waals surface area contributed by atoms with Crippen molar-refractivity contribution in [2.75, 3.05) is 0 Å². The van der Waals surface area contributed by atoms with Gasteiger partial charge in [0.2, 0.25) is 0 Å². The van der Waals surface area contributed by atoms with Crippen LogP contribution in [0.15, 0.2) is 30.6 Å². The second kappa shape index (κ2) is 4.38. The van der Waals surface area contributed by atoms with Crippen LogP contribution in [0.4, 0.5) is 0 Å². The Labute approximate surface area is 96.8 Å². The average Bonchev–Trinajstić information content (AvgIpc) is 2.67. The van der Waals surface area contributed by atoms with Crippen molar-refractivity contribution in [3.05, 3.63) is 36.2 Å². The Morgan fingerprint density at radius 1 is 1.25 bits per heavy atom. The zero-order chi connectivity index (χ0) is 10.8. The molecule has 2 aliphatic heterocycles. The number of fused-ring (bicyclic) bond motifs is 2. The van der Waals surface area contributed by atoms with E-state index >= 15 is 0 Å². The second-order valence-electron chi connectivity index (χ2n) is 5.01. The quantitative estimate of drug-likeness (QED) is 0.818. The van der Waals surface area contributed by atoms with Crippen LogP contribution in [0, 0.1) is 5.92 Å². The van der Waals surface area contributed by atoms with Crippen LogP contribution in [0.1, 0.15) is 31.2 Å². The molecule has 0 spiro atoms. The summed E-state index contributed by atoms with van der Waals surface area (Å²) in [7, 11) is 0. The first-order valence-corrected chi connectivity index (χ1v) is 6.24. The summed E-state index contributed by atoms with van der Waals surface area (Å²) in [5, 5.41) is 3.67. The third-order valence-electron chi connectivity index (χ3n) is 3.75. The van der Waals surface area contributed by atoms with Gasteiger partial charge in [0, 0.05) is 24.5 Å². The average molecular weight is 214 g/mol. The molecule has 16 heavy (non-hydrogen) atoms. The van der Waals surface area contributed by atoms with Gasteiger partial charge in [-0.15, -0.1) is 0 Å². The molecular formula is C14H18N2. The first kappa shape index (κ1) is 10.0. The minimum Gasteiger partial charge on any atom is -0.311 e. The minimum absolute atomic E-state index is 0.763. The summed E-state index contributed by atoms with van der Waals surface area (Å²) in [5.41, 5.74) is 1.22. The van der Waals surface area contributed by atoms with Crippen molar-refractivity contribution in [3.8, 4) is 0 Å². The molecule has 84 valence electrons. The lowest BCUT2D eigenvalue weighted by Gasteiger charge is -2.26. The van der Waals surface area contributed by atoms with E-state index in [0.29, 0.717) is 0 Å². The fraction of sp³-hybridized carbons (Fsp3) is 0.500. The van der Waals surface area contributed by atoms with Crippen LogP contribution in [0.5, 0.6) is 0 Å². The van der Waals surface area contributed by atoms with E-state index in [2.05, 4.69) is 28.5 Å². The highest BCUT2D eigenvalue weighted by molar-refractivity contribution is 5.47.